The van der Waals surface area contributed by atoms with Crippen LogP contribution in [0.5, 0.6) is 0 Å². The molecule has 0 bridgehead atoms. The van der Waals surface area contributed by atoms with Crippen molar-refractivity contribution in [1.82, 2.24) is 30.1 Å². The van der Waals surface area contributed by atoms with Gasteiger partial charge in [0.25, 0.3) is 0 Å². The molecule has 2 aromatic heterocycles. The number of H-pyrrole nitrogens is 1. The summed E-state index contributed by atoms with van der Waals surface area (Å²) in [6.07, 6.45) is 1.54. The first-order chi connectivity index (χ1) is 10.3. The molecule has 8 nitrogen and oxygen atoms in total. The Kier molecular flexibility index (Phi) is 3.83. The Morgan fingerprint density at radius 2 is 2.14 bits per heavy atom. The third-order valence-electron chi connectivity index (χ3n) is 2.57. The summed E-state index contributed by atoms with van der Waals surface area (Å²) in [4.78, 5) is 16.0. The standard InChI is InChI=1S/C12H11N7OS/c20-11(13-6-9-7-14-19-17-9)16-12-15-10(18-21-12)8-4-2-1-3-5-8/h1-5,7H,6H2,(H,14,17,19)(H2,13,15,16,18,20). The molecule has 0 unspecified atom stereocenters. The van der Waals surface area contributed by atoms with Gasteiger partial charge in [-0.3, -0.25) is 5.32 Å². The summed E-state index contributed by atoms with van der Waals surface area (Å²) in [7, 11) is 0. The number of urea groups is 1. The lowest BCUT2D eigenvalue weighted by molar-refractivity contribution is 0.251. The molecule has 0 fully saturated rings. The smallest absolute Gasteiger partial charge is 0.321 e. The third kappa shape index (κ3) is 3.39. The van der Waals surface area contributed by atoms with E-state index in [0.29, 0.717) is 16.6 Å². The van der Waals surface area contributed by atoms with Gasteiger partial charge in [-0.05, 0) is 0 Å². The molecule has 0 aliphatic heterocycles. The number of aromatic nitrogens is 5. The fraction of sp³-hybridized carbons (Fsp3) is 0.0833. The van der Waals surface area contributed by atoms with Crippen molar-refractivity contribution in [3.05, 3.63) is 42.2 Å². The van der Waals surface area contributed by atoms with Gasteiger partial charge in [0.2, 0.25) is 5.13 Å². The topological polar surface area (TPSA) is 108 Å². The number of carbonyl (C=O) groups excluding carboxylic acids is 1. The van der Waals surface area contributed by atoms with E-state index in [0.717, 1.165) is 17.1 Å². The van der Waals surface area contributed by atoms with Crippen LogP contribution in [-0.4, -0.2) is 30.8 Å². The fourth-order valence-corrected chi connectivity index (χ4v) is 2.19. The number of nitrogens with zero attached hydrogens (tertiary/aromatic N) is 4. The minimum atomic E-state index is -0.367. The zero-order valence-corrected chi connectivity index (χ0v) is 11.6. The van der Waals surface area contributed by atoms with Crippen LogP contribution in [0, 0.1) is 0 Å². The molecule has 0 aliphatic rings. The van der Waals surface area contributed by atoms with E-state index in [1.165, 1.54) is 0 Å². The van der Waals surface area contributed by atoms with Gasteiger partial charge in [0.1, 0.15) is 5.69 Å². The van der Waals surface area contributed by atoms with Gasteiger partial charge in [-0.25, -0.2) is 4.79 Å². The van der Waals surface area contributed by atoms with Gasteiger partial charge in [-0.1, -0.05) is 30.3 Å². The SMILES string of the molecule is O=C(NCc1cn[nH]n1)Nc1nc(-c2ccccc2)ns1. The molecule has 3 aromatic rings. The van der Waals surface area contributed by atoms with E-state index in [4.69, 9.17) is 0 Å². The summed E-state index contributed by atoms with van der Waals surface area (Å²) >= 11 is 1.13. The number of hydrogen-bond acceptors (Lipinski definition) is 6. The van der Waals surface area contributed by atoms with Crippen LogP contribution in [0.2, 0.25) is 0 Å². The highest BCUT2D eigenvalue weighted by atomic mass is 32.1. The number of benzene rings is 1. The average Bonchev–Trinajstić information content (AvgIpc) is 3.17. The predicted molar refractivity (Wildman–Crippen MR) is 77.6 cm³/mol. The molecule has 9 heteroatoms. The molecular weight excluding hydrogens is 290 g/mol. The van der Waals surface area contributed by atoms with Crippen molar-refractivity contribution >= 4 is 22.7 Å². The number of amides is 2. The minimum Gasteiger partial charge on any atom is -0.332 e. The molecule has 2 heterocycles. The van der Waals surface area contributed by atoms with E-state index in [9.17, 15) is 4.79 Å². The van der Waals surface area contributed by atoms with E-state index in [1.807, 2.05) is 30.3 Å². The molecule has 0 radical (unpaired) electrons. The molecule has 2 amide bonds. The van der Waals surface area contributed by atoms with Gasteiger partial charge >= 0.3 is 6.03 Å². The van der Waals surface area contributed by atoms with Gasteiger partial charge < -0.3 is 5.32 Å². The van der Waals surface area contributed by atoms with Crippen LogP contribution in [0.15, 0.2) is 36.5 Å². The highest BCUT2D eigenvalue weighted by Crippen LogP contribution is 2.20. The summed E-state index contributed by atoms with van der Waals surface area (Å²) in [5, 5.41) is 15.7. The molecule has 0 saturated heterocycles. The van der Waals surface area contributed by atoms with Crippen molar-refractivity contribution < 1.29 is 4.79 Å². The normalized spacial score (nSPS) is 10.3. The van der Waals surface area contributed by atoms with Crippen LogP contribution in [0.25, 0.3) is 11.4 Å². The van der Waals surface area contributed by atoms with Gasteiger partial charge in [0.15, 0.2) is 5.82 Å². The maximum absolute atomic E-state index is 11.7. The lowest BCUT2D eigenvalue weighted by Crippen LogP contribution is -2.28. The maximum atomic E-state index is 11.7. The summed E-state index contributed by atoms with van der Waals surface area (Å²) in [5.41, 5.74) is 1.55. The van der Waals surface area contributed by atoms with E-state index in [1.54, 1.807) is 6.20 Å². The van der Waals surface area contributed by atoms with Crippen molar-refractivity contribution in [3.8, 4) is 11.4 Å². The average molecular weight is 301 g/mol. The van der Waals surface area contributed by atoms with Gasteiger partial charge in [0.05, 0.1) is 12.7 Å². The zero-order chi connectivity index (χ0) is 14.5. The van der Waals surface area contributed by atoms with Crippen molar-refractivity contribution in [2.24, 2.45) is 0 Å². The molecule has 0 spiro atoms. The van der Waals surface area contributed by atoms with Crippen LogP contribution >= 0.6 is 11.5 Å². The molecule has 0 aliphatic carbocycles. The van der Waals surface area contributed by atoms with E-state index in [2.05, 4.69) is 35.4 Å². The van der Waals surface area contributed by atoms with Crippen LogP contribution in [0.1, 0.15) is 5.69 Å². The minimum absolute atomic E-state index is 0.284. The summed E-state index contributed by atoms with van der Waals surface area (Å²) in [5.74, 6) is 0.590. The first-order valence-electron chi connectivity index (χ1n) is 6.10. The molecule has 3 N–H and O–H groups in total. The first-order valence-corrected chi connectivity index (χ1v) is 6.87. The number of nitrogens with one attached hydrogen (secondary N) is 3. The molecule has 106 valence electrons. The molecule has 1 aromatic carbocycles. The Balaban J connectivity index is 1.58. The lowest BCUT2D eigenvalue weighted by Gasteiger charge is -2.02. The van der Waals surface area contributed by atoms with Crippen molar-refractivity contribution in [1.29, 1.82) is 0 Å². The number of hydrogen-bond donors (Lipinski definition) is 3. The van der Waals surface area contributed by atoms with Gasteiger partial charge in [-0.15, -0.1) is 0 Å². The fourth-order valence-electron chi connectivity index (χ4n) is 1.60. The first kappa shape index (κ1) is 13.2. The summed E-state index contributed by atoms with van der Waals surface area (Å²) in [6, 6.07) is 9.20. The second-order valence-electron chi connectivity index (χ2n) is 4.06. The Morgan fingerprint density at radius 1 is 1.29 bits per heavy atom. The second-order valence-corrected chi connectivity index (χ2v) is 4.81. The lowest BCUT2D eigenvalue weighted by atomic mass is 10.2. The zero-order valence-electron chi connectivity index (χ0n) is 10.8. The van der Waals surface area contributed by atoms with Crippen LogP contribution in [-0.2, 0) is 6.54 Å². The van der Waals surface area contributed by atoms with Crippen molar-refractivity contribution in [3.63, 3.8) is 0 Å². The summed E-state index contributed by atoms with van der Waals surface area (Å²) < 4.78 is 4.21. The summed E-state index contributed by atoms with van der Waals surface area (Å²) in [6.45, 7) is 0.284. The van der Waals surface area contributed by atoms with Crippen LogP contribution in [0.3, 0.4) is 0 Å². The Labute approximate surface area is 123 Å². The van der Waals surface area contributed by atoms with Gasteiger partial charge in [-0.2, -0.15) is 24.8 Å². The Hall–Kier alpha value is -2.81. The van der Waals surface area contributed by atoms with Crippen LogP contribution in [0.4, 0.5) is 9.93 Å². The predicted octanol–water partition coefficient (Wildman–Crippen LogP) is 1.64. The number of anilines is 1. The highest BCUT2D eigenvalue weighted by Gasteiger charge is 2.09. The second kappa shape index (κ2) is 6.09. The van der Waals surface area contributed by atoms with E-state index < -0.39 is 0 Å². The number of aromatic amines is 1. The molecular formula is C12H11N7OS. The Bertz CT molecular complexity index is 710. The highest BCUT2D eigenvalue weighted by molar-refractivity contribution is 7.10. The largest absolute Gasteiger partial charge is 0.332 e. The Morgan fingerprint density at radius 3 is 2.90 bits per heavy atom. The molecule has 0 saturated carbocycles. The van der Waals surface area contributed by atoms with E-state index >= 15 is 0 Å². The number of rotatable bonds is 4. The van der Waals surface area contributed by atoms with E-state index in [-0.39, 0.29) is 12.6 Å². The van der Waals surface area contributed by atoms with Crippen LogP contribution < -0.4 is 10.6 Å². The monoisotopic (exact) mass is 301 g/mol. The third-order valence-corrected chi connectivity index (χ3v) is 3.20. The van der Waals surface area contributed by atoms with Gasteiger partial charge in [0, 0.05) is 17.1 Å². The quantitative estimate of drug-likeness (QED) is 0.679. The number of carbonyl (C=O) groups is 1. The van der Waals surface area contributed by atoms with Crippen molar-refractivity contribution in [2.45, 2.75) is 6.54 Å². The molecule has 0 atom stereocenters. The van der Waals surface area contributed by atoms with Crippen molar-refractivity contribution in [2.75, 3.05) is 5.32 Å². The molecule has 3 rings (SSSR count). The maximum Gasteiger partial charge on any atom is 0.321 e. The molecule has 21 heavy (non-hydrogen) atoms.